The van der Waals surface area contributed by atoms with Crippen LogP contribution in [0.4, 0.5) is 4.79 Å². The molecule has 1 N–H and O–H groups in total. The number of hydrogen-bond acceptors (Lipinski definition) is 3. The van der Waals surface area contributed by atoms with Crippen LogP contribution in [-0.2, 0) is 11.2 Å². The molecule has 22 heavy (non-hydrogen) atoms. The first-order chi connectivity index (χ1) is 10.3. The quantitative estimate of drug-likeness (QED) is 0.932. The monoisotopic (exact) mass is 305 g/mol. The van der Waals surface area contributed by atoms with E-state index in [9.17, 15) is 9.90 Å². The van der Waals surface area contributed by atoms with Crippen molar-refractivity contribution in [3.05, 3.63) is 35.9 Å². The van der Waals surface area contributed by atoms with E-state index in [0.717, 1.165) is 12.0 Å². The summed E-state index contributed by atoms with van der Waals surface area (Å²) in [6.07, 6.45) is 1.10. The Morgan fingerprint density at radius 3 is 2.55 bits per heavy atom. The van der Waals surface area contributed by atoms with E-state index >= 15 is 0 Å². The third-order valence-corrected chi connectivity index (χ3v) is 4.08. The van der Waals surface area contributed by atoms with E-state index in [0.29, 0.717) is 18.9 Å². The Kier molecular flexibility index (Phi) is 4.81. The lowest BCUT2D eigenvalue weighted by atomic mass is 9.87. The molecule has 1 aromatic rings. The van der Waals surface area contributed by atoms with Crippen molar-refractivity contribution in [2.75, 3.05) is 13.2 Å². The van der Waals surface area contributed by atoms with Gasteiger partial charge in [-0.3, -0.25) is 4.90 Å². The van der Waals surface area contributed by atoms with Crippen LogP contribution in [0.2, 0.25) is 0 Å². The van der Waals surface area contributed by atoms with E-state index in [2.05, 4.69) is 6.92 Å². The highest BCUT2D eigenvalue weighted by Gasteiger charge is 2.47. The van der Waals surface area contributed by atoms with E-state index in [4.69, 9.17) is 4.74 Å². The zero-order valence-corrected chi connectivity index (χ0v) is 14.0. The van der Waals surface area contributed by atoms with Gasteiger partial charge >= 0.3 is 6.09 Å². The first kappa shape index (κ1) is 16.8. The number of aliphatic hydroxyl groups is 1. The number of carbonyl (C=O) groups is 1. The highest BCUT2D eigenvalue weighted by molar-refractivity contribution is 5.70. The van der Waals surface area contributed by atoms with Crippen molar-refractivity contribution in [1.29, 1.82) is 0 Å². The molecule has 1 fully saturated rings. The van der Waals surface area contributed by atoms with Crippen LogP contribution < -0.4 is 0 Å². The summed E-state index contributed by atoms with van der Waals surface area (Å²) in [4.78, 5) is 14.3. The standard InChI is InChI=1S/C18H27NO3/c1-14-10-18(13-20,11-15-8-6-5-7-9-15)19(12-14)16(21)22-17(2,3)4/h5-9,14,20H,10-13H2,1-4H3/t14-,18+/m0/s1. The Morgan fingerprint density at radius 2 is 2.00 bits per heavy atom. The van der Waals surface area contributed by atoms with Gasteiger partial charge in [-0.1, -0.05) is 37.3 Å². The van der Waals surface area contributed by atoms with Crippen LogP contribution >= 0.6 is 0 Å². The van der Waals surface area contributed by atoms with Gasteiger partial charge < -0.3 is 9.84 Å². The smallest absolute Gasteiger partial charge is 0.410 e. The molecule has 0 bridgehead atoms. The van der Waals surface area contributed by atoms with Gasteiger partial charge in [-0.15, -0.1) is 0 Å². The van der Waals surface area contributed by atoms with Crippen molar-refractivity contribution < 1.29 is 14.6 Å². The zero-order valence-electron chi connectivity index (χ0n) is 14.0. The van der Waals surface area contributed by atoms with E-state index in [1.54, 1.807) is 4.90 Å². The molecular weight excluding hydrogens is 278 g/mol. The fraction of sp³-hybridized carbons (Fsp3) is 0.611. The third kappa shape index (κ3) is 3.80. The maximum absolute atomic E-state index is 12.6. The number of amides is 1. The first-order valence-corrected chi connectivity index (χ1v) is 7.91. The van der Waals surface area contributed by atoms with Gasteiger partial charge in [0, 0.05) is 6.54 Å². The average Bonchev–Trinajstić information content (AvgIpc) is 2.75. The zero-order chi connectivity index (χ0) is 16.4. The van der Waals surface area contributed by atoms with E-state index in [1.165, 1.54) is 0 Å². The fourth-order valence-corrected chi connectivity index (χ4v) is 3.26. The summed E-state index contributed by atoms with van der Waals surface area (Å²) in [5.74, 6) is 0.350. The van der Waals surface area contributed by atoms with Crippen LogP contribution in [0.1, 0.15) is 39.7 Å². The predicted octanol–water partition coefficient (Wildman–Crippen LogP) is 3.24. The minimum absolute atomic E-state index is 0.0501. The van der Waals surface area contributed by atoms with Gasteiger partial charge in [0.2, 0.25) is 0 Å². The van der Waals surface area contributed by atoms with Crippen molar-refractivity contribution in [3.63, 3.8) is 0 Å². The minimum atomic E-state index is -0.566. The number of aliphatic hydroxyl groups excluding tert-OH is 1. The lowest BCUT2D eigenvalue weighted by Crippen LogP contribution is -2.52. The predicted molar refractivity (Wildman–Crippen MR) is 86.7 cm³/mol. The Labute approximate surface area is 133 Å². The summed E-state index contributed by atoms with van der Waals surface area (Å²) in [6, 6.07) is 10.0. The van der Waals surface area contributed by atoms with Crippen molar-refractivity contribution in [2.45, 2.75) is 51.7 Å². The molecule has 0 unspecified atom stereocenters. The fourth-order valence-electron chi connectivity index (χ4n) is 3.26. The molecule has 122 valence electrons. The van der Waals surface area contributed by atoms with Crippen molar-refractivity contribution in [1.82, 2.24) is 4.90 Å². The van der Waals surface area contributed by atoms with E-state index in [1.807, 2.05) is 51.1 Å². The summed E-state index contributed by atoms with van der Waals surface area (Å²) in [6.45, 7) is 8.28. The molecule has 0 saturated carbocycles. The molecule has 2 atom stereocenters. The topological polar surface area (TPSA) is 49.8 Å². The van der Waals surface area contributed by atoms with Crippen molar-refractivity contribution in [2.24, 2.45) is 5.92 Å². The second-order valence-corrected chi connectivity index (χ2v) is 7.45. The van der Waals surface area contributed by atoms with Gasteiger partial charge in [0.1, 0.15) is 5.60 Å². The molecule has 0 radical (unpaired) electrons. The molecule has 1 saturated heterocycles. The Morgan fingerprint density at radius 1 is 1.36 bits per heavy atom. The van der Waals surface area contributed by atoms with Crippen molar-refractivity contribution in [3.8, 4) is 0 Å². The van der Waals surface area contributed by atoms with Crippen LogP contribution in [0.5, 0.6) is 0 Å². The molecular formula is C18H27NO3. The summed E-state index contributed by atoms with van der Waals surface area (Å²) in [5, 5.41) is 10.1. The number of carbonyl (C=O) groups excluding carboxylic acids is 1. The van der Waals surface area contributed by atoms with Gasteiger partial charge in [-0.2, -0.15) is 0 Å². The summed E-state index contributed by atoms with van der Waals surface area (Å²) < 4.78 is 5.54. The molecule has 1 aliphatic heterocycles. The third-order valence-electron chi connectivity index (χ3n) is 4.08. The number of rotatable bonds is 3. The second kappa shape index (κ2) is 6.29. The lowest BCUT2D eigenvalue weighted by Gasteiger charge is -2.38. The number of benzene rings is 1. The average molecular weight is 305 g/mol. The normalized spacial score (nSPS) is 25.3. The van der Waals surface area contributed by atoms with E-state index in [-0.39, 0.29) is 12.7 Å². The van der Waals surface area contributed by atoms with Gasteiger partial charge in [0.25, 0.3) is 0 Å². The maximum Gasteiger partial charge on any atom is 0.410 e. The Bertz CT molecular complexity index is 509. The molecule has 0 spiro atoms. The van der Waals surface area contributed by atoms with Crippen LogP contribution in [0.3, 0.4) is 0 Å². The Balaban J connectivity index is 2.24. The molecule has 4 heteroatoms. The van der Waals surface area contributed by atoms with Crippen LogP contribution in [0, 0.1) is 5.92 Å². The molecule has 1 amide bonds. The first-order valence-electron chi connectivity index (χ1n) is 7.91. The highest BCUT2D eigenvalue weighted by atomic mass is 16.6. The van der Waals surface area contributed by atoms with Crippen LogP contribution in [-0.4, -0.2) is 40.4 Å². The molecule has 1 aromatic carbocycles. The minimum Gasteiger partial charge on any atom is -0.444 e. The SMILES string of the molecule is C[C@@H]1CN(C(=O)OC(C)(C)C)[C@@](CO)(Cc2ccccc2)C1. The summed E-state index contributed by atoms with van der Waals surface area (Å²) in [7, 11) is 0. The molecule has 0 aliphatic carbocycles. The lowest BCUT2D eigenvalue weighted by molar-refractivity contribution is -0.00462. The molecule has 1 heterocycles. The van der Waals surface area contributed by atoms with Gasteiger partial charge in [-0.25, -0.2) is 4.79 Å². The van der Waals surface area contributed by atoms with Gasteiger partial charge in [0.15, 0.2) is 0 Å². The van der Waals surface area contributed by atoms with Crippen LogP contribution in [0.25, 0.3) is 0 Å². The number of ether oxygens (including phenoxy) is 1. The largest absolute Gasteiger partial charge is 0.444 e. The summed E-state index contributed by atoms with van der Waals surface area (Å²) in [5.41, 5.74) is 0.0270. The second-order valence-electron chi connectivity index (χ2n) is 7.45. The highest BCUT2D eigenvalue weighted by Crippen LogP contribution is 2.36. The van der Waals surface area contributed by atoms with Crippen molar-refractivity contribution >= 4 is 6.09 Å². The summed E-state index contributed by atoms with van der Waals surface area (Å²) >= 11 is 0. The molecule has 1 aliphatic rings. The Hall–Kier alpha value is -1.55. The maximum atomic E-state index is 12.6. The van der Waals surface area contributed by atoms with E-state index < -0.39 is 11.1 Å². The van der Waals surface area contributed by atoms with Gasteiger partial charge in [-0.05, 0) is 45.1 Å². The number of hydrogen-bond donors (Lipinski definition) is 1. The molecule has 0 aromatic heterocycles. The number of likely N-dealkylation sites (tertiary alicyclic amines) is 1. The van der Waals surface area contributed by atoms with Gasteiger partial charge in [0.05, 0.1) is 12.1 Å². The number of nitrogens with zero attached hydrogens (tertiary/aromatic N) is 1. The van der Waals surface area contributed by atoms with Crippen LogP contribution in [0.15, 0.2) is 30.3 Å². The molecule has 4 nitrogen and oxygen atoms in total. The molecule has 2 rings (SSSR count).